The number of aromatic nitrogens is 2. The minimum absolute atomic E-state index is 0.333. The van der Waals surface area contributed by atoms with E-state index in [0.717, 1.165) is 5.56 Å². The molecule has 0 radical (unpaired) electrons. The molecule has 2 rings (SSSR count). The number of hydrazone groups is 1. The van der Waals surface area contributed by atoms with E-state index in [0.29, 0.717) is 16.4 Å². The molecule has 1 aromatic heterocycles. The third-order valence-electron chi connectivity index (χ3n) is 2.33. The Morgan fingerprint density at radius 2 is 2.06 bits per heavy atom. The summed E-state index contributed by atoms with van der Waals surface area (Å²) in [6, 6.07) is 8.79. The Balaban J connectivity index is 2.05. The summed E-state index contributed by atoms with van der Waals surface area (Å²) in [5.41, 5.74) is 4.39. The second kappa shape index (κ2) is 5.46. The minimum Gasteiger partial charge on any atom is -0.273 e. The van der Waals surface area contributed by atoms with Crippen molar-refractivity contribution < 1.29 is 4.79 Å². The Morgan fingerprint density at radius 1 is 1.33 bits per heavy atom. The monoisotopic (exact) mass is 262 g/mol. The topological polar surface area (TPSA) is 70.1 Å². The number of carbonyl (C=O) groups excluding carboxylic acids is 1. The molecule has 92 valence electrons. The summed E-state index contributed by atoms with van der Waals surface area (Å²) >= 11 is 5.79. The number of nitrogens with one attached hydrogen (secondary N) is 2. The van der Waals surface area contributed by atoms with E-state index < -0.39 is 0 Å². The van der Waals surface area contributed by atoms with Gasteiger partial charge in [0.05, 0.1) is 5.71 Å². The smallest absolute Gasteiger partial charge is 0.273 e. The van der Waals surface area contributed by atoms with E-state index in [1.54, 1.807) is 25.1 Å². The fourth-order valence-electron chi connectivity index (χ4n) is 1.33. The number of aromatic amines is 1. The summed E-state index contributed by atoms with van der Waals surface area (Å²) in [4.78, 5) is 11.6. The van der Waals surface area contributed by atoms with Crippen LogP contribution in [0, 0.1) is 0 Å². The number of halogens is 1. The minimum atomic E-state index is -0.333. The summed E-state index contributed by atoms with van der Waals surface area (Å²) < 4.78 is 0. The summed E-state index contributed by atoms with van der Waals surface area (Å²) in [6.45, 7) is 1.80. The highest BCUT2D eigenvalue weighted by Crippen LogP contribution is 2.10. The zero-order valence-corrected chi connectivity index (χ0v) is 10.4. The first-order chi connectivity index (χ1) is 8.66. The number of benzene rings is 1. The van der Waals surface area contributed by atoms with Gasteiger partial charge in [0.1, 0.15) is 5.69 Å². The van der Waals surface area contributed by atoms with Crippen LogP contribution in [-0.4, -0.2) is 21.8 Å². The second-order valence-electron chi connectivity index (χ2n) is 3.62. The first kappa shape index (κ1) is 12.3. The van der Waals surface area contributed by atoms with E-state index in [9.17, 15) is 4.79 Å². The molecular weight excluding hydrogens is 252 g/mol. The van der Waals surface area contributed by atoms with Crippen molar-refractivity contribution in [2.24, 2.45) is 5.10 Å². The quantitative estimate of drug-likeness (QED) is 0.658. The molecular formula is C12H11ClN4O. The number of hydrogen-bond acceptors (Lipinski definition) is 3. The second-order valence-corrected chi connectivity index (χ2v) is 4.05. The predicted molar refractivity (Wildman–Crippen MR) is 69.7 cm³/mol. The molecule has 2 aromatic rings. The maximum Gasteiger partial charge on any atom is 0.289 e. The summed E-state index contributed by atoms with van der Waals surface area (Å²) in [5.74, 6) is -0.333. The van der Waals surface area contributed by atoms with E-state index in [2.05, 4.69) is 20.7 Å². The largest absolute Gasteiger partial charge is 0.289 e. The van der Waals surface area contributed by atoms with Crippen molar-refractivity contribution in [1.82, 2.24) is 15.6 Å². The molecule has 0 atom stereocenters. The molecule has 0 saturated heterocycles. The fourth-order valence-corrected chi connectivity index (χ4v) is 1.46. The molecule has 0 aliphatic heterocycles. The fraction of sp³-hybridized carbons (Fsp3) is 0.0833. The van der Waals surface area contributed by atoms with Gasteiger partial charge < -0.3 is 0 Å². The van der Waals surface area contributed by atoms with Crippen LogP contribution in [0.4, 0.5) is 0 Å². The van der Waals surface area contributed by atoms with Crippen LogP contribution in [0.5, 0.6) is 0 Å². The van der Waals surface area contributed by atoms with Crippen LogP contribution in [0.15, 0.2) is 41.6 Å². The number of nitrogens with zero attached hydrogens (tertiary/aromatic N) is 2. The van der Waals surface area contributed by atoms with Crippen molar-refractivity contribution in [3.05, 3.63) is 52.8 Å². The van der Waals surface area contributed by atoms with Crippen molar-refractivity contribution in [3.8, 4) is 0 Å². The van der Waals surface area contributed by atoms with Gasteiger partial charge in [0, 0.05) is 11.2 Å². The average molecular weight is 263 g/mol. The highest BCUT2D eigenvalue weighted by atomic mass is 35.5. The standard InChI is InChI=1S/C12H11ClN4O/c1-8(9-2-4-10(13)5-3-9)15-17-12(18)11-6-7-14-16-11/h2-7H,1H3,(H,14,16)(H,17,18)/b15-8-. The lowest BCUT2D eigenvalue weighted by molar-refractivity contribution is 0.0950. The Kier molecular flexibility index (Phi) is 3.74. The summed E-state index contributed by atoms with van der Waals surface area (Å²) in [5, 5.41) is 10.9. The normalized spacial score (nSPS) is 11.3. The maximum absolute atomic E-state index is 11.6. The number of H-pyrrole nitrogens is 1. The van der Waals surface area contributed by atoms with E-state index in [-0.39, 0.29) is 5.91 Å². The van der Waals surface area contributed by atoms with Crippen LogP contribution in [0.25, 0.3) is 0 Å². The predicted octanol–water partition coefficient (Wildman–Crippen LogP) is 2.22. The van der Waals surface area contributed by atoms with Gasteiger partial charge in [0.25, 0.3) is 5.91 Å². The van der Waals surface area contributed by atoms with Gasteiger partial charge >= 0.3 is 0 Å². The highest BCUT2D eigenvalue weighted by molar-refractivity contribution is 6.30. The molecule has 0 aliphatic carbocycles. The van der Waals surface area contributed by atoms with E-state index in [1.165, 1.54) is 6.20 Å². The first-order valence-electron chi connectivity index (χ1n) is 5.27. The Hall–Kier alpha value is -2.14. The van der Waals surface area contributed by atoms with Gasteiger partial charge in [0.2, 0.25) is 0 Å². The lowest BCUT2D eigenvalue weighted by Gasteiger charge is -2.01. The molecule has 1 heterocycles. The molecule has 0 aliphatic rings. The highest BCUT2D eigenvalue weighted by Gasteiger charge is 2.05. The molecule has 0 fully saturated rings. The van der Waals surface area contributed by atoms with Crippen molar-refractivity contribution in [1.29, 1.82) is 0 Å². The van der Waals surface area contributed by atoms with Crippen LogP contribution in [0.3, 0.4) is 0 Å². The first-order valence-corrected chi connectivity index (χ1v) is 5.64. The van der Waals surface area contributed by atoms with Crippen molar-refractivity contribution in [2.75, 3.05) is 0 Å². The molecule has 2 N–H and O–H groups in total. The van der Waals surface area contributed by atoms with Gasteiger partial charge in [0.15, 0.2) is 0 Å². The molecule has 5 nitrogen and oxygen atoms in total. The van der Waals surface area contributed by atoms with Crippen LogP contribution in [0.1, 0.15) is 23.0 Å². The maximum atomic E-state index is 11.6. The molecule has 0 saturated carbocycles. The molecule has 1 aromatic carbocycles. The van der Waals surface area contributed by atoms with Crippen LogP contribution >= 0.6 is 11.6 Å². The molecule has 1 amide bonds. The van der Waals surface area contributed by atoms with Gasteiger partial charge in [-0.3, -0.25) is 9.89 Å². The van der Waals surface area contributed by atoms with Gasteiger partial charge in [-0.1, -0.05) is 23.7 Å². The van der Waals surface area contributed by atoms with E-state index in [1.807, 2.05) is 12.1 Å². The Morgan fingerprint density at radius 3 is 2.67 bits per heavy atom. The van der Waals surface area contributed by atoms with E-state index in [4.69, 9.17) is 11.6 Å². The van der Waals surface area contributed by atoms with Gasteiger partial charge in [-0.15, -0.1) is 0 Å². The van der Waals surface area contributed by atoms with Crippen LogP contribution in [-0.2, 0) is 0 Å². The Bertz CT molecular complexity index is 560. The average Bonchev–Trinajstić information content (AvgIpc) is 2.90. The van der Waals surface area contributed by atoms with Crippen LogP contribution < -0.4 is 5.43 Å². The number of carbonyl (C=O) groups is 1. The van der Waals surface area contributed by atoms with Gasteiger partial charge in [-0.2, -0.15) is 10.2 Å². The molecule has 0 spiro atoms. The lowest BCUT2D eigenvalue weighted by Crippen LogP contribution is -2.19. The van der Waals surface area contributed by atoms with Crippen molar-refractivity contribution in [2.45, 2.75) is 6.92 Å². The Labute approximate surface area is 109 Å². The third-order valence-corrected chi connectivity index (χ3v) is 2.58. The molecule has 0 bridgehead atoms. The number of amides is 1. The van der Waals surface area contributed by atoms with E-state index >= 15 is 0 Å². The zero-order chi connectivity index (χ0) is 13.0. The van der Waals surface area contributed by atoms with Crippen molar-refractivity contribution in [3.63, 3.8) is 0 Å². The van der Waals surface area contributed by atoms with Crippen LogP contribution in [0.2, 0.25) is 5.02 Å². The number of hydrogen-bond donors (Lipinski definition) is 2. The van der Waals surface area contributed by atoms with Crippen molar-refractivity contribution >= 4 is 23.2 Å². The SMILES string of the molecule is C/C(=N/NC(=O)c1ccn[nH]1)c1ccc(Cl)cc1. The summed E-state index contributed by atoms with van der Waals surface area (Å²) in [6.07, 6.45) is 1.50. The molecule has 18 heavy (non-hydrogen) atoms. The third kappa shape index (κ3) is 2.95. The zero-order valence-electron chi connectivity index (χ0n) is 9.64. The molecule has 6 heteroatoms. The summed E-state index contributed by atoms with van der Waals surface area (Å²) in [7, 11) is 0. The lowest BCUT2D eigenvalue weighted by atomic mass is 10.1. The number of rotatable bonds is 3. The van der Waals surface area contributed by atoms with Gasteiger partial charge in [-0.05, 0) is 30.7 Å². The molecule has 0 unspecified atom stereocenters. The van der Waals surface area contributed by atoms with Gasteiger partial charge in [-0.25, -0.2) is 5.43 Å².